The SMILES string of the molecule is COc1cc(OC)c2c(=S)c(-c3nc4ccccc4[nH]3)coc2c1. The zero-order valence-corrected chi connectivity index (χ0v) is 13.9. The van der Waals surface area contributed by atoms with Crippen LogP contribution in [-0.2, 0) is 0 Å². The first-order valence-electron chi connectivity index (χ1n) is 7.34. The van der Waals surface area contributed by atoms with Crippen LogP contribution in [0.1, 0.15) is 0 Å². The highest BCUT2D eigenvalue weighted by molar-refractivity contribution is 7.71. The Balaban J connectivity index is 2.00. The van der Waals surface area contributed by atoms with Gasteiger partial charge >= 0.3 is 0 Å². The van der Waals surface area contributed by atoms with Gasteiger partial charge in [-0.2, -0.15) is 0 Å². The molecule has 0 radical (unpaired) electrons. The van der Waals surface area contributed by atoms with Crippen molar-refractivity contribution in [1.29, 1.82) is 0 Å². The van der Waals surface area contributed by atoms with Crippen molar-refractivity contribution in [2.24, 2.45) is 0 Å². The summed E-state index contributed by atoms with van der Waals surface area (Å²) in [6.45, 7) is 0. The van der Waals surface area contributed by atoms with Crippen molar-refractivity contribution >= 4 is 34.2 Å². The molecule has 0 aliphatic heterocycles. The highest BCUT2D eigenvalue weighted by Crippen LogP contribution is 2.35. The highest BCUT2D eigenvalue weighted by Gasteiger charge is 2.15. The Morgan fingerprint density at radius 1 is 1.12 bits per heavy atom. The Hall–Kier alpha value is -2.86. The van der Waals surface area contributed by atoms with Crippen LogP contribution in [0.3, 0.4) is 0 Å². The molecule has 6 heteroatoms. The zero-order chi connectivity index (χ0) is 16.7. The monoisotopic (exact) mass is 338 g/mol. The molecule has 1 N–H and O–H groups in total. The van der Waals surface area contributed by atoms with Crippen molar-refractivity contribution < 1.29 is 13.9 Å². The first-order valence-corrected chi connectivity index (χ1v) is 7.74. The molecule has 0 bridgehead atoms. The lowest BCUT2D eigenvalue weighted by Gasteiger charge is -2.09. The third-order valence-corrected chi connectivity index (χ3v) is 4.34. The number of nitrogens with zero attached hydrogens (tertiary/aromatic N) is 1. The van der Waals surface area contributed by atoms with Gasteiger partial charge in [-0.1, -0.05) is 24.4 Å². The number of H-pyrrole nitrogens is 1. The molecule has 24 heavy (non-hydrogen) atoms. The van der Waals surface area contributed by atoms with Crippen LogP contribution in [0.25, 0.3) is 33.4 Å². The third kappa shape index (κ3) is 2.23. The average Bonchev–Trinajstić information content (AvgIpc) is 3.04. The fraction of sp³-hybridized carbons (Fsp3) is 0.111. The Labute approximate surface area is 142 Å². The minimum absolute atomic E-state index is 0.607. The number of hydrogen-bond acceptors (Lipinski definition) is 5. The number of aromatic nitrogens is 2. The van der Waals surface area contributed by atoms with E-state index < -0.39 is 0 Å². The van der Waals surface area contributed by atoms with E-state index in [9.17, 15) is 0 Å². The maximum absolute atomic E-state index is 5.77. The summed E-state index contributed by atoms with van der Waals surface area (Å²) in [7, 11) is 3.19. The predicted molar refractivity (Wildman–Crippen MR) is 95.2 cm³/mol. The van der Waals surface area contributed by atoms with Crippen LogP contribution in [0.15, 0.2) is 47.1 Å². The highest BCUT2D eigenvalue weighted by atomic mass is 32.1. The summed E-state index contributed by atoms with van der Waals surface area (Å²) in [5, 5.41) is 0.728. The quantitative estimate of drug-likeness (QED) is 0.548. The van der Waals surface area contributed by atoms with Gasteiger partial charge in [-0.05, 0) is 12.1 Å². The maximum Gasteiger partial charge on any atom is 0.143 e. The van der Waals surface area contributed by atoms with E-state index in [2.05, 4.69) is 9.97 Å². The number of para-hydroxylation sites is 2. The second-order valence-electron chi connectivity index (χ2n) is 5.28. The van der Waals surface area contributed by atoms with Crippen molar-refractivity contribution in [3.05, 3.63) is 47.2 Å². The molecular formula is C18H14N2O3S. The fourth-order valence-electron chi connectivity index (χ4n) is 2.72. The van der Waals surface area contributed by atoms with Crippen molar-refractivity contribution in [2.45, 2.75) is 0 Å². The Bertz CT molecular complexity index is 1080. The fourth-order valence-corrected chi connectivity index (χ4v) is 3.06. The van der Waals surface area contributed by atoms with Crippen LogP contribution in [0, 0.1) is 4.51 Å². The molecule has 0 aliphatic carbocycles. The third-order valence-electron chi connectivity index (χ3n) is 3.92. The Morgan fingerprint density at radius 3 is 2.71 bits per heavy atom. The second-order valence-corrected chi connectivity index (χ2v) is 5.69. The number of benzene rings is 2. The molecule has 0 unspecified atom stereocenters. The van der Waals surface area contributed by atoms with Crippen molar-refractivity contribution in [2.75, 3.05) is 14.2 Å². The Kier molecular flexibility index (Phi) is 3.46. The van der Waals surface area contributed by atoms with Gasteiger partial charge in [-0.15, -0.1) is 0 Å². The van der Waals surface area contributed by atoms with Gasteiger partial charge in [0.25, 0.3) is 0 Å². The molecule has 4 aromatic rings. The van der Waals surface area contributed by atoms with Crippen LogP contribution >= 0.6 is 12.2 Å². The first-order chi connectivity index (χ1) is 11.7. The zero-order valence-electron chi connectivity index (χ0n) is 13.1. The molecular weight excluding hydrogens is 324 g/mol. The second kappa shape index (κ2) is 5.65. The van der Waals surface area contributed by atoms with Crippen molar-refractivity contribution in [1.82, 2.24) is 9.97 Å². The van der Waals surface area contributed by atoms with E-state index in [1.165, 1.54) is 0 Å². The number of nitrogens with one attached hydrogen (secondary N) is 1. The molecule has 120 valence electrons. The summed E-state index contributed by atoms with van der Waals surface area (Å²) in [6, 6.07) is 11.4. The van der Waals surface area contributed by atoms with Crippen LogP contribution in [0.5, 0.6) is 11.5 Å². The normalized spacial score (nSPS) is 11.1. The van der Waals surface area contributed by atoms with Gasteiger partial charge in [0.15, 0.2) is 0 Å². The average molecular weight is 338 g/mol. The lowest BCUT2D eigenvalue weighted by Crippen LogP contribution is -1.91. The van der Waals surface area contributed by atoms with Crippen LogP contribution in [0.2, 0.25) is 0 Å². The van der Waals surface area contributed by atoms with Gasteiger partial charge in [0.05, 0.1) is 40.7 Å². The number of rotatable bonds is 3. The van der Waals surface area contributed by atoms with Crippen LogP contribution in [0.4, 0.5) is 0 Å². The van der Waals surface area contributed by atoms with Gasteiger partial charge in [0.1, 0.15) is 29.2 Å². The number of ether oxygens (including phenoxy) is 2. The summed E-state index contributed by atoms with van der Waals surface area (Å²) < 4.78 is 17.1. The lowest BCUT2D eigenvalue weighted by molar-refractivity contribution is 0.396. The molecule has 2 aromatic carbocycles. The first kappa shape index (κ1) is 14.7. The number of imidazole rings is 1. The number of aromatic amines is 1. The summed E-state index contributed by atoms with van der Waals surface area (Å²) >= 11 is 5.67. The lowest BCUT2D eigenvalue weighted by atomic mass is 10.1. The minimum Gasteiger partial charge on any atom is -0.496 e. The van der Waals surface area contributed by atoms with Crippen LogP contribution < -0.4 is 9.47 Å². The molecule has 0 spiro atoms. The summed E-state index contributed by atoms with van der Waals surface area (Å²) in [5.74, 6) is 1.93. The van der Waals surface area contributed by atoms with Gasteiger partial charge in [0, 0.05) is 12.1 Å². The van der Waals surface area contributed by atoms with Crippen molar-refractivity contribution in [3.63, 3.8) is 0 Å². The van der Waals surface area contributed by atoms with Gasteiger partial charge < -0.3 is 18.9 Å². The molecule has 5 nitrogen and oxygen atoms in total. The molecule has 0 aliphatic rings. The molecule has 4 rings (SSSR count). The largest absolute Gasteiger partial charge is 0.496 e. The van der Waals surface area contributed by atoms with Gasteiger partial charge in [-0.25, -0.2) is 4.98 Å². The van der Waals surface area contributed by atoms with Crippen molar-refractivity contribution in [3.8, 4) is 22.9 Å². The molecule has 0 amide bonds. The van der Waals surface area contributed by atoms with E-state index >= 15 is 0 Å². The maximum atomic E-state index is 5.77. The standard InChI is InChI=1S/C18H14N2O3S/c1-21-10-7-14(22-2)16-15(8-10)23-9-11(17(16)24)18-19-12-5-3-4-6-13(12)20-18/h3-9H,1-2H3,(H,19,20). The molecule has 0 saturated carbocycles. The molecule has 2 heterocycles. The van der Waals surface area contributed by atoms with E-state index in [-0.39, 0.29) is 0 Å². The Morgan fingerprint density at radius 2 is 1.96 bits per heavy atom. The van der Waals surface area contributed by atoms with E-state index in [0.717, 1.165) is 22.0 Å². The van der Waals surface area contributed by atoms with E-state index in [4.69, 9.17) is 26.1 Å². The van der Waals surface area contributed by atoms with Gasteiger partial charge in [-0.3, -0.25) is 0 Å². The summed E-state index contributed by atoms with van der Waals surface area (Å²) in [4.78, 5) is 7.87. The van der Waals surface area contributed by atoms with Gasteiger partial charge in [0.2, 0.25) is 0 Å². The number of methoxy groups -OCH3 is 2. The molecule has 0 atom stereocenters. The smallest absolute Gasteiger partial charge is 0.143 e. The van der Waals surface area contributed by atoms with E-state index in [1.807, 2.05) is 24.3 Å². The summed E-state index contributed by atoms with van der Waals surface area (Å²) in [6.07, 6.45) is 1.61. The predicted octanol–water partition coefficient (Wildman–Crippen LogP) is 4.72. The number of hydrogen-bond donors (Lipinski definition) is 1. The minimum atomic E-state index is 0.607. The molecule has 0 saturated heterocycles. The molecule has 2 aromatic heterocycles. The topological polar surface area (TPSA) is 60.3 Å². The van der Waals surface area contributed by atoms with E-state index in [0.29, 0.717) is 27.4 Å². The summed E-state index contributed by atoms with van der Waals surface area (Å²) in [5.41, 5.74) is 3.15. The van der Waals surface area contributed by atoms with Crippen LogP contribution in [-0.4, -0.2) is 24.2 Å². The van der Waals surface area contributed by atoms with E-state index in [1.54, 1.807) is 32.6 Å². The number of fused-ring (bicyclic) bond motifs is 2. The molecule has 0 fully saturated rings.